The number of hydrogen-bond donors (Lipinski definition) is 0. The Morgan fingerprint density at radius 1 is 1.33 bits per heavy atom. The van der Waals surface area contributed by atoms with Gasteiger partial charge in [0, 0.05) is 32.0 Å². The first-order chi connectivity index (χ1) is 7.08. The van der Waals surface area contributed by atoms with Gasteiger partial charge in [-0.1, -0.05) is 29.8 Å². The quantitative estimate of drug-likeness (QED) is 0.708. The Bertz CT molecular complexity index is 220. The second-order valence-electron chi connectivity index (χ2n) is 4.47. The van der Waals surface area contributed by atoms with E-state index in [1.165, 1.54) is 0 Å². The summed E-state index contributed by atoms with van der Waals surface area (Å²) in [6.07, 6.45) is 2.23. The molecule has 1 heterocycles. The Kier molecular flexibility index (Phi) is 4.44. The highest BCUT2D eigenvalue weighted by Gasteiger charge is 2.33. The van der Waals surface area contributed by atoms with Gasteiger partial charge < -0.3 is 9.80 Å². The Hall–Kier alpha value is -0.250. The van der Waals surface area contributed by atoms with Crippen molar-refractivity contribution in [2.24, 2.45) is 5.41 Å². The lowest BCUT2D eigenvalue weighted by atomic mass is 9.84. The van der Waals surface area contributed by atoms with E-state index in [2.05, 4.69) is 29.8 Å². The van der Waals surface area contributed by atoms with Crippen LogP contribution in [0.4, 0.5) is 4.79 Å². The summed E-state index contributed by atoms with van der Waals surface area (Å²) in [4.78, 5) is 15.5. The van der Waals surface area contributed by atoms with Crippen LogP contribution < -0.4 is 0 Å². The van der Waals surface area contributed by atoms with Crippen LogP contribution in [0.5, 0.6) is 0 Å². The molecule has 0 aromatic rings. The van der Waals surface area contributed by atoms with Gasteiger partial charge in [0.15, 0.2) is 0 Å². The number of likely N-dealkylation sites (N-methyl/N-ethyl adjacent to an activating group) is 1. The maximum atomic E-state index is 11.8. The molecule has 2 amide bonds. The lowest BCUT2D eigenvalue weighted by Crippen LogP contribution is -2.40. The molecule has 88 valence electrons. The summed E-state index contributed by atoms with van der Waals surface area (Å²) in [6, 6.07) is 0.183. The first kappa shape index (κ1) is 12.8. The molecule has 1 aliphatic rings. The van der Waals surface area contributed by atoms with Crippen LogP contribution in [0, 0.1) is 5.41 Å². The number of rotatable bonds is 5. The second kappa shape index (κ2) is 5.19. The number of carbonyl (C=O) groups is 1. The molecule has 0 bridgehead atoms. The molecule has 0 aliphatic carbocycles. The fraction of sp³-hybridized carbons (Fsp3) is 0.909. The number of carbonyl (C=O) groups excluding carboxylic acids is 1. The van der Waals surface area contributed by atoms with Crippen molar-refractivity contribution in [1.29, 1.82) is 0 Å². The number of halogens is 1. The molecule has 0 aromatic heterocycles. The van der Waals surface area contributed by atoms with E-state index in [-0.39, 0.29) is 11.4 Å². The van der Waals surface area contributed by atoms with E-state index >= 15 is 0 Å². The van der Waals surface area contributed by atoms with Gasteiger partial charge in [0.25, 0.3) is 0 Å². The Morgan fingerprint density at radius 3 is 2.27 bits per heavy atom. The topological polar surface area (TPSA) is 23.6 Å². The highest BCUT2D eigenvalue weighted by Crippen LogP contribution is 2.30. The average molecular weight is 277 g/mol. The predicted molar refractivity (Wildman–Crippen MR) is 66.4 cm³/mol. The van der Waals surface area contributed by atoms with E-state index in [9.17, 15) is 4.79 Å². The molecule has 0 aromatic carbocycles. The monoisotopic (exact) mass is 276 g/mol. The summed E-state index contributed by atoms with van der Waals surface area (Å²) in [6.45, 7) is 7.03. The van der Waals surface area contributed by atoms with Crippen molar-refractivity contribution in [3.05, 3.63) is 0 Å². The van der Waals surface area contributed by atoms with Gasteiger partial charge in [-0.2, -0.15) is 0 Å². The van der Waals surface area contributed by atoms with Gasteiger partial charge in [-0.3, -0.25) is 0 Å². The first-order valence-corrected chi connectivity index (χ1v) is 6.76. The molecule has 0 saturated carbocycles. The van der Waals surface area contributed by atoms with Crippen molar-refractivity contribution in [2.45, 2.75) is 26.7 Å². The zero-order chi connectivity index (χ0) is 11.5. The lowest BCUT2D eigenvalue weighted by molar-refractivity contribution is 0.167. The largest absolute Gasteiger partial charge is 0.326 e. The van der Waals surface area contributed by atoms with Gasteiger partial charge in [0.1, 0.15) is 0 Å². The molecule has 1 rings (SSSR count). The molecule has 1 fully saturated rings. The summed E-state index contributed by atoms with van der Waals surface area (Å²) in [5.74, 6) is 0. The molecule has 0 spiro atoms. The first-order valence-electron chi connectivity index (χ1n) is 5.64. The molecule has 3 nitrogen and oxygen atoms in total. The molecule has 0 atom stereocenters. The Labute approximate surface area is 101 Å². The van der Waals surface area contributed by atoms with Crippen molar-refractivity contribution in [1.82, 2.24) is 9.80 Å². The molecule has 0 radical (unpaired) electrons. The molecule has 15 heavy (non-hydrogen) atoms. The SMILES string of the molecule is CCC(CC)(CBr)CN1CCN(C)C1=O. The summed E-state index contributed by atoms with van der Waals surface area (Å²) in [7, 11) is 1.87. The Balaban J connectivity index is 2.63. The third-order valence-corrected chi connectivity index (χ3v) is 4.80. The fourth-order valence-corrected chi connectivity index (χ4v) is 2.93. The minimum absolute atomic E-state index is 0.183. The van der Waals surface area contributed by atoms with Crippen molar-refractivity contribution in [2.75, 3.05) is 32.0 Å². The summed E-state index contributed by atoms with van der Waals surface area (Å²) < 4.78 is 0. The number of nitrogens with zero attached hydrogens (tertiary/aromatic N) is 2. The third-order valence-electron chi connectivity index (χ3n) is 3.61. The van der Waals surface area contributed by atoms with Crippen LogP contribution in [0.25, 0.3) is 0 Å². The van der Waals surface area contributed by atoms with Crippen LogP contribution in [-0.4, -0.2) is 47.8 Å². The number of alkyl halides is 1. The number of hydrogen-bond acceptors (Lipinski definition) is 1. The zero-order valence-corrected chi connectivity index (χ0v) is 11.5. The van der Waals surface area contributed by atoms with Crippen LogP contribution >= 0.6 is 15.9 Å². The molecule has 4 heteroatoms. The smallest absolute Gasteiger partial charge is 0.319 e. The summed E-state index contributed by atoms with van der Waals surface area (Å²) >= 11 is 3.58. The van der Waals surface area contributed by atoms with Crippen molar-refractivity contribution in [3.8, 4) is 0 Å². The highest BCUT2D eigenvalue weighted by molar-refractivity contribution is 9.09. The van der Waals surface area contributed by atoms with Gasteiger partial charge in [-0.05, 0) is 18.3 Å². The maximum Gasteiger partial charge on any atom is 0.319 e. The molecular formula is C11H21BrN2O. The summed E-state index contributed by atoms with van der Waals surface area (Å²) in [5.41, 5.74) is 0.251. The van der Waals surface area contributed by atoms with E-state index in [4.69, 9.17) is 0 Å². The maximum absolute atomic E-state index is 11.8. The predicted octanol–water partition coefficient (Wildman–Crippen LogP) is 2.56. The van der Waals surface area contributed by atoms with Crippen LogP contribution in [-0.2, 0) is 0 Å². The molecule has 1 aliphatic heterocycles. The highest BCUT2D eigenvalue weighted by atomic mass is 79.9. The second-order valence-corrected chi connectivity index (χ2v) is 5.03. The molecule has 1 saturated heterocycles. The molecular weight excluding hydrogens is 256 g/mol. The van der Waals surface area contributed by atoms with Gasteiger partial charge in [-0.25, -0.2) is 4.79 Å². The van der Waals surface area contributed by atoms with E-state index in [1.807, 2.05) is 11.9 Å². The van der Waals surface area contributed by atoms with Crippen molar-refractivity contribution in [3.63, 3.8) is 0 Å². The number of amides is 2. The van der Waals surface area contributed by atoms with Gasteiger partial charge in [-0.15, -0.1) is 0 Å². The van der Waals surface area contributed by atoms with E-state index in [1.54, 1.807) is 4.90 Å². The zero-order valence-electron chi connectivity index (χ0n) is 9.92. The van der Waals surface area contributed by atoms with Crippen LogP contribution in [0.15, 0.2) is 0 Å². The van der Waals surface area contributed by atoms with Crippen molar-refractivity contribution >= 4 is 22.0 Å². The van der Waals surface area contributed by atoms with E-state index in [0.29, 0.717) is 0 Å². The van der Waals surface area contributed by atoms with Gasteiger partial charge in [0.05, 0.1) is 0 Å². The number of urea groups is 1. The Morgan fingerprint density at radius 2 is 1.93 bits per heavy atom. The van der Waals surface area contributed by atoms with Crippen LogP contribution in [0.3, 0.4) is 0 Å². The van der Waals surface area contributed by atoms with Crippen molar-refractivity contribution < 1.29 is 4.79 Å². The minimum Gasteiger partial charge on any atom is -0.326 e. The lowest BCUT2D eigenvalue weighted by Gasteiger charge is -2.33. The summed E-state index contributed by atoms with van der Waals surface area (Å²) in [5, 5.41) is 0.973. The molecule has 0 N–H and O–H groups in total. The third kappa shape index (κ3) is 2.65. The molecule has 0 unspecified atom stereocenters. The van der Waals surface area contributed by atoms with E-state index in [0.717, 1.165) is 37.8 Å². The van der Waals surface area contributed by atoms with E-state index < -0.39 is 0 Å². The van der Waals surface area contributed by atoms with Crippen LogP contribution in [0.2, 0.25) is 0 Å². The fourth-order valence-electron chi connectivity index (χ4n) is 1.96. The minimum atomic E-state index is 0.183. The average Bonchev–Trinajstić information content (AvgIpc) is 2.57. The standard InChI is InChI=1S/C11H21BrN2O/c1-4-11(5-2,8-12)9-14-7-6-13(3)10(14)15/h4-9H2,1-3H3. The van der Waals surface area contributed by atoms with Gasteiger partial charge in [0.2, 0.25) is 0 Å². The normalized spacial score (nSPS) is 17.7. The van der Waals surface area contributed by atoms with Gasteiger partial charge >= 0.3 is 6.03 Å². The van der Waals surface area contributed by atoms with Crippen LogP contribution in [0.1, 0.15) is 26.7 Å².